The third-order valence-corrected chi connectivity index (χ3v) is 3.22. The minimum atomic E-state index is 0.463. The number of hydrogen-bond donors (Lipinski definition) is 0. The Hall–Kier alpha value is -1.60. The van der Waals surface area contributed by atoms with E-state index in [1.54, 1.807) is 16.8 Å². The molecule has 80 valence electrons. The van der Waals surface area contributed by atoms with Crippen LogP contribution in [-0.2, 0) is 0 Å². The molecule has 0 aliphatic carbocycles. The standard InChI is InChI=1S/C8H5ClN6S/c1-4-7(16-14-11-4)8-13-12-6-3-10-2-5(9)15(6)8/h2-3H,1H3. The van der Waals surface area contributed by atoms with Gasteiger partial charge in [0.25, 0.3) is 0 Å². The molecule has 0 fully saturated rings. The first-order chi connectivity index (χ1) is 7.77. The van der Waals surface area contributed by atoms with Crippen molar-refractivity contribution < 1.29 is 0 Å². The topological polar surface area (TPSA) is 68.9 Å². The molecular formula is C8H5ClN6S. The number of aryl methyl sites for hydroxylation is 1. The number of rotatable bonds is 1. The molecule has 0 aromatic carbocycles. The summed E-state index contributed by atoms with van der Waals surface area (Å²) in [4.78, 5) is 4.81. The molecule has 0 amide bonds. The smallest absolute Gasteiger partial charge is 0.183 e. The maximum atomic E-state index is 6.06. The molecule has 16 heavy (non-hydrogen) atoms. The molecule has 3 aromatic rings. The summed E-state index contributed by atoms with van der Waals surface area (Å²) in [5.41, 5.74) is 1.42. The van der Waals surface area contributed by atoms with Crippen LogP contribution in [0.2, 0.25) is 5.15 Å². The van der Waals surface area contributed by atoms with Crippen LogP contribution in [0.4, 0.5) is 0 Å². The molecule has 6 nitrogen and oxygen atoms in total. The lowest BCUT2D eigenvalue weighted by atomic mass is 10.4. The first-order valence-electron chi connectivity index (χ1n) is 4.41. The Balaban J connectivity index is 2.37. The van der Waals surface area contributed by atoms with Gasteiger partial charge in [-0.3, -0.25) is 9.38 Å². The molecule has 0 radical (unpaired) electrons. The van der Waals surface area contributed by atoms with Crippen molar-refractivity contribution in [3.63, 3.8) is 0 Å². The van der Waals surface area contributed by atoms with Crippen LogP contribution in [-0.4, -0.2) is 29.2 Å². The highest BCUT2D eigenvalue weighted by molar-refractivity contribution is 7.09. The van der Waals surface area contributed by atoms with Crippen molar-refractivity contribution in [3.8, 4) is 10.7 Å². The Morgan fingerprint density at radius 2 is 2.12 bits per heavy atom. The zero-order chi connectivity index (χ0) is 11.1. The van der Waals surface area contributed by atoms with E-state index in [0.29, 0.717) is 16.6 Å². The predicted octanol–water partition coefficient (Wildman–Crippen LogP) is 1.60. The van der Waals surface area contributed by atoms with E-state index in [9.17, 15) is 0 Å². The average Bonchev–Trinajstić information content (AvgIpc) is 2.84. The van der Waals surface area contributed by atoms with Crippen LogP contribution >= 0.6 is 23.1 Å². The Morgan fingerprint density at radius 3 is 2.88 bits per heavy atom. The van der Waals surface area contributed by atoms with Gasteiger partial charge < -0.3 is 0 Å². The molecule has 3 aromatic heterocycles. The Bertz CT molecular complexity index is 659. The third-order valence-electron chi connectivity index (χ3n) is 2.13. The quantitative estimate of drug-likeness (QED) is 0.658. The fourth-order valence-corrected chi connectivity index (χ4v) is 2.25. The van der Waals surface area contributed by atoms with Gasteiger partial charge in [-0.1, -0.05) is 16.1 Å². The second-order valence-corrected chi connectivity index (χ2v) is 4.28. The number of hydrogen-bond acceptors (Lipinski definition) is 6. The van der Waals surface area contributed by atoms with Crippen molar-refractivity contribution in [2.75, 3.05) is 0 Å². The number of fused-ring (bicyclic) bond motifs is 1. The van der Waals surface area contributed by atoms with Gasteiger partial charge >= 0.3 is 0 Å². The maximum Gasteiger partial charge on any atom is 0.183 e. The summed E-state index contributed by atoms with van der Waals surface area (Å²) in [7, 11) is 0. The van der Waals surface area contributed by atoms with Crippen LogP contribution < -0.4 is 0 Å². The van der Waals surface area contributed by atoms with Gasteiger partial charge in [0.2, 0.25) is 0 Å². The first kappa shape index (κ1) is 9.61. The molecule has 3 rings (SSSR count). The monoisotopic (exact) mass is 252 g/mol. The zero-order valence-electron chi connectivity index (χ0n) is 8.12. The molecule has 0 unspecified atom stereocenters. The predicted molar refractivity (Wildman–Crippen MR) is 59.4 cm³/mol. The Kier molecular flexibility index (Phi) is 2.08. The van der Waals surface area contributed by atoms with Crippen molar-refractivity contribution in [2.45, 2.75) is 6.92 Å². The summed E-state index contributed by atoms with van der Waals surface area (Å²) in [5, 5.41) is 12.5. The Labute approximate surface area is 99.1 Å². The van der Waals surface area contributed by atoms with E-state index in [4.69, 9.17) is 11.6 Å². The van der Waals surface area contributed by atoms with E-state index in [1.807, 2.05) is 6.92 Å². The van der Waals surface area contributed by atoms with Crippen molar-refractivity contribution in [1.29, 1.82) is 0 Å². The van der Waals surface area contributed by atoms with Crippen molar-refractivity contribution in [1.82, 2.24) is 29.2 Å². The van der Waals surface area contributed by atoms with Crippen LogP contribution in [0.1, 0.15) is 5.69 Å². The van der Waals surface area contributed by atoms with Gasteiger partial charge in [0.1, 0.15) is 10.0 Å². The largest absolute Gasteiger partial charge is 0.261 e. The number of nitrogens with zero attached hydrogens (tertiary/aromatic N) is 6. The lowest BCUT2D eigenvalue weighted by Gasteiger charge is -1.98. The van der Waals surface area contributed by atoms with Gasteiger partial charge in [0, 0.05) is 0 Å². The summed E-state index contributed by atoms with van der Waals surface area (Å²) in [6.45, 7) is 1.87. The van der Waals surface area contributed by atoms with E-state index in [0.717, 1.165) is 10.6 Å². The molecular weight excluding hydrogens is 248 g/mol. The van der Waals surface area contributed by atoms with Gasteiger partial charge in [-0.05, 0) is 18.5 Å². The minimum Gasteiger partial charge on any atom is -0.261 e. The highest BCUT2D eigenvalue weighted by Gasteiger charge is 2.15. The fourth-order valence-electron chi connectivity index (χ4n) is 1.40. The van der Waals surface area contributed by atoms with E-state index < -0.39 is 0 Å². The van der Waals surface area contributed by atoms with Crippen LogP contribution in [0.25, 0.3) is 16.3 Å². The third kappa shape index (κ3) is 1.29. The summed E-state index contributed by atoms with van der Waals surface area (Å²) in [5.74, 6) is 0.648. The Morgan fingerprint density at radius 1 is 1.25 bits per heavy atom. The van der Waals surface area contributed by atoms with Crippen LogP contribution in [0.15, 0.2) is 12.4 Å². The molecule has 0 saturated carbocycles. The van der Waals surface area contributed by atoms with Gasteiger partial charge in [-0.2, -0.15) is 0 Å². The SMILES string of the molecule is Cc1nnsc1-c1nnc2cncc(Cl)n12. The zero-order valence-corrected chi connectivity index (χ0v) is 9.70. The van der Waals surface area contributed by atoms with Gasteiger partial charge in [0.05, 0.1) is 18.1 Å². The van der Waals surface area contributed by atoms with Crippen molar-refractivity contribution in [2.24, 2.45) is 0 Å². The highest BCUT2D eigenvalue weighted by Crippen LogP contribution is 2.26. The van der Waals surface area contributed by atoms with Crippen molar-refractivity contribution in [3.05, 3.63) is 23.2 Å². The highest BCUT2D eigenvalue weighted by atomic mass is 35.5. The number of halogens is 1. The van der Waals surface area contributed by atoms with Gasteiger partial charge in [-0.15, -0.1) is 15.3 Å². The van der Waals surface area contributed by atoms with E-state index in [2.05, 4.69) is 24.8 Å². The number of aromatic nitrogens is 6. The van der Waals surface area contributed by atoms with E-state index >= 15 is 0 Å². The molecule has 8 heteroatoms. The summed E-state index contributed by atoms with van der Waals surface area (Å²) in [6, 6.07) is 0. The molecule has 0 bridgehead atoms. The van der Waals surface area contributed by atoms with Crippen LogP contribution in [0.3, 0.4) is 0 Å². The molecule has 0 aliphatic heterocycles. The maximum absolute atomic E-state index is 6.06. The summed E-state index contributed by atoms with van der Waals surface area (Å²) < 4.78 is 5.59. The van der Waals surface area contributed by atoms with Crippen molar-refractivity contribution >= 4 is 28.8 Å². The minimum absolute atomic E-state index is 0.463. The second-order valence-electron chi connectivity index (χ2n) is 3.13. The first-order valence-corrected chi connectivity index (χ1v) is 5.56. The lowest BCUT2D eigenvalue weighted by Crippen LogP contribution is -1.92. The average molecular weight is 253 g/mol. The summed E-state index contributed by atoms with van der Waals surface area (Å²) in [6.07, 6.45) is 3.15. The van der Waals surface area contributed by atoms with Crippen LogP contribution in [0.5, 0.6) is 0 Å². The fraction of sp³-hybridized carbons (Fsp3) is 0.125. The molecule has 0 saturated heterocycles. The molecule has 0 atom stereocenters. The van der Waals surface area contributed by atoms with Crippen LogP contribution in [0, 0.1) is 6.92 Å². The van der Waals surface area contributed by atoms with E-state index in [-0.39, 0.29) is 0 Å². The van der Waals surface area contributed by atoms with Gasteiger partial charge in [-0.25, -0.2) is 0 Å². The van der Waals surface area contributed by atoms with E-state index in [1.165, 1.54) is 11.5 Å². The van der Waals surface area contributed by atoms with Gasteiger partial charge in [0.15, 0.2) is 11.5 Å². The molecule has 3 heterocycles. The summed E-state index contributed by atoms with van der Waals surface area (Å²) >= 11 is 7.32. The second kappa shape index (κ2) is 3.46. The lowest BCUT2D eigenvalue weighted by molar-refractivity contribution is 1.07. The molecule has 0 spiro atoms. The normalized spacial score (nSPS) is 11.1. The molecule has 0 aliphatic rings. The molecule has 0 N–H and O–H groups in total.